The number of anilines is 1. The van der Waals surface area contributed by atoms with Crippen LogP contribution >= 0.6 is 12.2 Å². The van der Waals surface area contributed by atoms with Crippen LogP contribution in [0, 0.1) is 6.92 Å². The second kappa shape index (κ2) is 7.87. The van der Waals surface area contributed by atoms with Crippen LogP contribution in [0.25, 0.3) is 0 Å². The van der Waals surface area contributed by atoms with Crippen molar-refractivity contribution in [2.24, 2.45) is 0 Å². The van der Waals surface area contributed by atoms with E-state index in [4.69, 9.17) is 17.0 Å². The Morgan fingerprint density at radius 3 is 2.28 bits per heavy atom. The Hall–Kier alpha value is -2.07. The summed E-state index contributed by atoms with van der Waals surface area (Å²) >= 11 is 5.60. The van der Waals surface area contributed by atoms with Gasteiger partial charge in [-0.1, -0.05) is 42.7 Å². The molecule has 0 aromatic heterocycles. The first kappa shape index (κ1) is 17.7. The summed E-state index contributed by atoms with van der Waals surface area (Å²) in [5, 5.41) is 7.60. The number of ether oxygens (including phenoxy) is 1. The van der Waals surface area contributed by atoms with Gasteiger partial charge in [0, 0.05) is 5.69 Å². The summed E-state index contributed by atoms with van der Waals surface area (Å²) in [4.78, 5) is 0. The molecule has 1 saturated carbocycles. The Balaban J connectivity index is 1.73. The number of aryl methyl sites for hydroxylation is 1. The molecule has 0 atom stereocenters. The molecule has 1 aliphatic carbocycles. The number of benzene rings is 2. The molecule has 3 rings (SSSR count). The molecule has 2 N–H and O–H groups in total. The number of hydrogen-bond donors (Lipinski definition) is 2. The van der Waals surface area contributed by atoms with Gasteiger partial charge in [-0.2, -0.15) is 0 Å². The van der Waals surface area contributed by atoms with Crippen LogP contribution in [0.4, 0.5) is 5.69 Å². The van der Waals surface area contributed by atoms with Crippen molar-refractivity contribution in [2.45, 2.75) is 45.1 Å². The first-order chi connectivity index (χ1) is 12.1. The van der Waals surface area contributed by atoms with Crippen molar-refractivity contribution in [1.82, 2.24) is 5.32 Å². The highest BCUT2D eigenvalue weighted by atomic mass is 32.1. The second-order valence-electron chi connectivity index (χ2n) is 6.69. The molecule has 1 fully saturated rings. The molecule has 2 aromatic carbocycles. The lowest BCUT2D eigenvalue weighted by Gasteiger charge is -2.32. The number of thiocarbonyl (C=S) groups is 1. The van der Waals surface area contributed by atoms with E-state index in [1.54, 1.807) is 0 Å². The van der Waals surface area contributed by atoms with Crippen LogP contribution in [-0.2, 0) is 5.54 Å². The van der Waals surface area contributed by atoms with Crippen LogP contribution < -0.4 is 15.4 Å². The third kappa shape index (κ3) is 4.31. The molecule has 0 amide bonds. The summed E-state index contributed by atoms with van der Waals surface area (Å²) < 4.78 is 5.57. The van der Waals surface area contributed by atoms with E-state index < -0.39 is 0 Å². The van der Waals surface area contributed by atoms with E-state index in [1.807, 2.05) is 6.92 Å². The topological polar surface area (TPSA) is 33.3 Å². The third-order valence-electron chi connectivity index (χ3n) is 4.84. The minimum atomic E-state index is -0.0838. The lowest BCUT2D eigenvalue weighted by atomic mass is 9.88. The van der Waals surface area contributed by atoms with E-state index in [0.29, 0.717) is 11.7 Å². The number of rotatable bonds is 5. The van der Waals surface area contributed by atoms with Gasteiger partial charge in [-0.05, 0) is 68.7 Å². The average molecular weight is 355 g/mol. The summed E-state index contributed by atoms with van der Waals surface area (Å²) in [5.41, 5.74) is 3.45. The van der Waals surface area contributed by atoms with Crippen molar-refractivity contribution in [2.75, 3.05) is 11.9 Å². The maximum Gasteiger partial charge on any atom is 0.171 e. The smallest absolute Gasteiger partial charge is 0.171 e. The van der Waals surface area contributed by atoms with Crippen LogP contribution in [0.5, 0.6) is 5.75 Å². The SMILES string of the molecule is CCOc1ccc(C2(NC(=S)Nc3ccc(C)cc3)CCCC2)cc1. The fraction of sp³-hybridized carbons (Fsp3) is 0.381. The van der Waals surface area contributed by atoms with Crippen molar-refractivity contribution in [3.63, 3.8) is 0 Å². The van der Waals surface area contributed by atoms with Crippen LogP contribution in [0.15, 0.2) is 48.5 Å². The van der Waals surface area contributed by atoms with Crippen LogP contribution in [-0.4, -0.2) is 11.7 Å². The molecular formula is C21H26N2OS. The van der Waals surface area contributed by atoms with Gasteiger partial charge in [0.25, 0.3) is 0 Å². The maximum absolute atomic E-state index is 5.60. The molecule has 1 aliphatic rings. The fourth-order valence-corrected chi connectivity index (χ4v) is 3.83. The average Bonchev–Trinajstić information content (AvgIpc) is 3.07. The Bertz CT molecular complexity index is 704. The first-order valence-electron chi connectivity index (χ1n) is 9.00. The minimum absolute atomic E-state index is 0.0838. The van der Waals surface area contributed by atoms with Crippen molar-refractivity contribution in [3.8, 4) is 5.75 Å². The molecule has 0 radical (unpaired) electrons. The normalized spacial score (nSPS) is 15.6. The summed E-state index contributed by atoms with van der Waals surface area (Å²) in [6.07, 6.45) is 4.62. The Morgan fingerprint density at radius 2 is 1.68 bits per heavy atom. The standard InChI is InChI=1S/C21H26N2OS/c1-3-24-19-12-8-17(9-13-19)21(14-4-5-15-21)23-20(25)22-18-10-6-16(2)7-11-18/h6-13H,3-5,14-15H2,1-2H3,(H2,22,23,25). The van der Waals surface area contributed by atoms with E-state index >= 15 is 0 Å². The van der Waals surface area contributed by atoms with E-state index in [1.165, 1.54) is 24.0 Å². The fourth-order valence-electron chi connectivity index (χ4n) is 3.52. The second-order valence-corrected chi connectivity index (χ2v) is 7.10. The summed E-state index contributed by atoms with van der Waals surface area (Å²) in [7, 11) is 0. The first-order valence-corrected chi connectivity index (χ1v) is 9.41. The highest BCUT2D eigenvalue weighted by Crippen LogP contribution is 2.39. The highest BCUT2D eigenvalue weighted by molar-refractivity contribution is 7.80. The van der Waals surface area contributed by atoms with Gasteiger partial charge in [-0.15, -0.1) is 0 Å². The quantitative estimate of drug-likeness (QED) is 0.728. The molecule has 2 aromatic rings. The van der Waals surface area contributed by atoms with Gasteiger partial charge in [0.05, 0.1) is 12.1 Å². The van der Waals surface area contributed by atoms with Gasteiger partial charge in [-0.3, -0.25) is 0 Å². The van der Waals surface area contributed by atoms with E-state index in [9.17, 15) is 0 Å². The third-order valence-corrected chi connectivity index (χ3v) is 5.04. The van der Waals surface area contributed by atoms with Crippen molar-refractivity contribution >= 4 is 23.0 Å². The zero-order valence-corrected chi connectivity index (χ0v) is 15.8. The zero-order chi connectivity index (χ0) is 17.7. The van der Waals surface area contributed by atoms with Crippen LogP contribution in [0.3, 0.4) is 0 Å². The van der Waals surface area contributed by atoms with Gasteiger partial charge >= 0.3 is 0 Å². The molecule has 0 heterocycles. The van der Waals surface area contributed by atoms with Crippen molar-refractivity contribution in [1.29, 1.82) is 0 Å². The number of nitrogens with one attached hydrogen (secondary N) is 2. The van der Waals surface area contributed by atoms with Gasteiger partial charge < -0.3 is 15.4 Å². The van der Waals surface area contributed by atoms with Gasteiger partial charge in [0.1, 0.15) is 5.75 Å². The minimum Gasteiger partial charge on any atom is -0.494 e. The molecule has 0 saturated heterocycles. The molecule has 0 aliphatic heterocycles. The summed E-state index contributed by atoms with van der Waals surface area (Å²) in [6, 6.07) is 16.7. The van der Waals surface area contributed by atoms with E-state index in [-0.39, 0.29) is 5.54 Å². The number of hydrogen-bond acceptors (Lipinski definition) is 2. The molecule has 25 heavy (non-hydrogen) atoms. The molecular weight excluding hydrogens is 328 g/mol. The predicted octanol–water partition coefficient (Wildman–Crippen LogP) is 5.15. The molecule has 0 unspecified atom stereocenters. The lowest BCUT2D eigenvalue weighted by molar-refractivity contribution is 0.339. The van der Waals surface area contributed by atoms with E-state index in [0.717, 1.165) is 24.3 Å². The molecule has 3 nitrogen and oxygen atoms in total. The molecule has 0 spiro atoms. The van der Waals surface area contributed by atoms with Crippen LogP contribution in [0.2, 0.25) is 0 Å². The molecule has 132 valence electrons. The Kier molecular flexibility index (Phi) is 5.59. The summed E-state index contributed by atoms with van der Waals surface area (Å²) in [5.74, 6) is 0.916. The summed E-state index contributed by atoms with van der Waals surface area (Å²) in [6.45, 7) is 4.77. The highest BCUT2D eigenvalue weighted by Gasteiger charge is 2.36. The monoisotopic (exact) mass is 354 g/mol. The predicted molar refractivity (Wildman–Crippen MR) is 108 cm³/mol. The van der Waals surface area contributed by atoms with E-state index in [2.05, 4.69) is 66.1 Å². The van der Waals surface area contributed by atoms with Gasteiger partial charge in [-0.25, -0.2) is 0 Å². The largest absolute Gasteiger partial charge is 0.494 e. The maximum atomic E-state index is 5.60. The van der Waals surface area contributed by atoms with Crippen LogP contribution in [0.1, 0.15) is 43.7 Å². The van der Waals surface area contributed by atoms with Crippen molar-refractivity contribution in [3.05, 3.63) is 59.7 Å². The van der Waals surface area contributed by atoms with Crippen molar-refractivity contribution < 1.29 is 4.74 Å². The zero-order valence-electron chi connectivity index (χ0n) is 15.0. The molecule has 4 heteroatoms. The van der Waals surface area contributed by atoms with Gasteiger partial charge in [0.2, 0.25) is 0 Å². The Labute approximate surface area is 155 Å². The molecule has 0 bridgehead atoms. The Morgan fingerprint density at radius 1 is 1.04 bits per heavy atom. The van der Waals surface area contributed by atoms with Gasteiger partial charge in [0.15, 0.2) is 5.11 Å². The lowest BCUT2D eigenvalue weighted by Crippen LogP contribution is -2.45.